The van der Waals surface area contributed by atoms with Crippen LogP contribution in [0.5, 0.6) is 0 Å². The zero-order valence-electron chi connectivity index (χ0n) is 13.1. The maximum atomic E-state index is 12.9. The molecule has 0 spiro atoms. The van der Waals surface area contributed by atoms with E-state index < -0.39 is 16.2 Å². The quantitative estimate of drug-likeness (QED) is 0.752. The molecule has 0 radical (unpaired) electrons. The van der Waals surface area contributed by atoms with Gasteiger partial charge in [-0.1, -0.05) is 12.8 Å². The Morgan fingerprint density at radius 2 is 1.82 bits per heavy atom. The van der Waals surface area contributed by atoms with Crippen LogP contribution in [0.1, 0.15) is 44.9 Å². The summed E-state index contributed by atoms with van der Waals surface area (Å²) in [6.45, 7) is 0.945. The van der Waals surface area contributed by atoms with Crippen LogP contribution in [0.4, 0.5) is 0 Å². The van der Waals surface area contributed by atoms with Gasteiger partial charge in [0.25, 0.3) is 10.2 Å². The lowest BCUT2D eigenvalue weighted by atomic mass is 10.1. The lowest BCUT2D eigenvalue weighted by Crippen LogP contribution is -2.51. The summed E-state index contributed by atoms with van der Waals surface area (Å²) in [7, 11) is -1.94. The summed E-state index contributed by atoms with van der Waals surface area (Å²) < 4.78 is 34.0. The second-order valence-electron chi connectivity index (χ2n) is 6.03. The van der Waals surface area contributed by atoms with E-state index in [0.717, 1.165) is 25.7 Å². The van der Waals surface area contributed by atoms with Gasteiger partial charge in [0.05, 0.1) is 12.5 Å². The third-order valence-electron chi connectivity index (χ3n) is 4.63. The molecular weight excluding hydrogens is 308 g/mol. The van der Waals surface area contributed by atoms with E-state index in [1.54, 1.807) is 7.11 Å². The van der Waals surface area contributed by atoms with Crippen molar-refractivity contribution in [2.75, 3.05) is 26.7 Å². The van der Waals surface area contributed by atoms with Crippen molar-refractivity contribution in [3.05, 3.63) is 0 Å². The Morgan fingerprint density at radius 1 is 1.23 bits per heavy atom. The zero-order valence-corrected chi connectivity index (χ0v) is 13.9. The lowest BCUT2D eigenvalue weighted by molar-refractivity contribution is -0.137. The van der Waals surface area contributed by atoms with Gasteiger partial charge in [-0.3, -0.25) is 4.79 Å². The SMILES string of the molecule is COC1CCN(S(=O)(=O)N(CCC(=O)O)C2CCCC2)CC1. The molecule has 1 N–H and O–H groups in total. The first kappa shape index (κ1) is 17.7. The normalized spacial score (nSPS) is 22.5. The molecule has 1 saturated heterocycles. The maximum Gasteiger partial charge on any atom is 0.304 e. The molecular formula is C14H26N2O5S. The van der Waals surface area contributed by atoms with Crippen molar-refractivity contribution in [2.24, 2.45) is 0 Å². The predicted molar refractivity (Wildman–Crippen MR) is 81.7 cm³/mol. The molecule has 1 aliphatic carbocycles. The Labute approximate surface area is 132 Å². The molecule has 0 aromatic carbocycles. The molecule has 0 aromatic rings. The molecule has 22 heavy (non-hydrogen) atoms. The van der Waals surface area contributed by atoms with Gasteiger partial charge in [-0.2, -0.15) is 17.0 Å². The predicted octanol–water partition coefficient (Wildman–Crippen LogP) is 1.06. The number of carboxylic acid groups (broad SMARTS) is 1. The fourth-order valence-electron chi connectivity index (χ4n) is 3.33. The van der Waals surface area contributed by atoms with Crippen molar-refractivity contribution >= 4 is 16.2 Å². The van der Waals surface area contributed by atoms with Gasteiger partial charge in [-0.15, -0.1) is 0 Å². The molecule has 1 heterocycles. The van der Waals surface area contributed by atoms with E-state index in [2.05, 4.69) is 0 Å². The molecule has 2 fully saturated rings. The largest absolute Gasteiger partial charge is 0.481 e. The molecule has 0 atom stereocenters. The standard InChI is InChI=1S/C14H26N2O5S/c1-21-13-6-9-15(10-7-13)22(19,20)16(11-8-14(17)18)12-4-2-3-5-12/h12-13H,2-11H2,1H3,(H,17,18). The van der Waals surface area contributed by atoms with Crippen LogP contribution in [0.3, 0.4) is 0 Å². The zero-order chi connectivity index (χ0) is 16.2. The molecule has 0 amide bonds. The van der Waals surface area contributed by atoms with Crippen molar-refractivity contribution < 1.29 is 23.1 Å². The number of piperidine rings is 1. The number of methoxy groups -OCH3 is 1. The van der Waals surface area contributed by atoms with E-state index in [1.165, 1.54) is 8.61 Å². The van der Waals surface area contributed by atoms with Crippen molar-refractivity contribution in [1.29, 1.82) is 0 Å². The Morgan fingerprint density at radius 3 is 2.32 bits per heavy atom. The number of ether oxygens (including phenoxy) is 1. The molecule has 8 heteroatoms. The fourth-order valence-corrected chi connectivity index (χ4v) is 5.21. The summed E-state index contributed by atoms with van der Waals surface area (Å²) in [5.74, 6) is -0.962. The van der Waals surface area contributed by atoms with Crippen molar-refractivity contribution in [3.8, 4) is 0 Å². The van der Waals surface area contributed by atoms with Crippen LogP contribution >= 0.6 is 0 Å². The van der Waals surface area contributed by atoms with Gasteiger partial charge < -0.3 is 9.84 Å². The third-order valence-corrected chi connectivity index (χ3v) is 6.73. The average Bonchev–Trinajstić information content (AvgIpc) is 3.01. The van der Waals surface area contributed by atoms with Crippen LogP contribution < -0.4 is 0 Å². The number of aliphatic carboxylic acids is 1. The highest BCUT2D eigenvalue weighted by Crippen LogP contribution is 2.28. The highest BCUT2D eigenvalue weighted by Gasteiger charge is 2.37. The van der Waals surface area contributed by atoms with Gasteiger partial charge in [0, 0.05) is 32.8 Å². The minimum atomic E-state index is -3.59. The van der Waals surface area contributed by atoms with Crippen LogP contribution in [-0.4, -0.2) is 67.0 Å². The second-order valence-corrected chi connectivity index (χ2v) is 7.92. The van der Waals surface area contributed by atoms with Crippen molar-refractivity contribution in [1.82, 2.24) is 8.61 Å². The smallest absolute Gasteiger partial charge is 0.304 e. The molecule has 2 rings (SSSR count). The molecule has 1 aliphatic heterocycles. The Kier molecular flexibility index (Phi) is 6.19. The Hall–Kier alpha value is -0.700. The van der Waals surface area contributed by atoms with Crippen LogP contribution in [0.2, 0.25) is 0 Å². The third kappa shape index (κ3) is 4.18. The Bertz CT molecular complexity index is 468. The fraction of sp³-hybridized carbons (Fsp3) is 0.929. The van der Waals surface area contributed by atoms with Crippen molar-refractivity contribution in [3.63, 3.8) is 0 Å². The van der Waals surface area contributed by atoms with Crippen molar-refractivity contribution in [2.45, 2.75) is 57.1 Å². The molecule has 128 valence electrons. The second kappa shape index (κ2) is 7.72. The van der Waals surface area contributed by atoms with Crippen LogP contribution in [0.25, 0.3) is 0 Å². The maximum absolute atomic E-state index is 12.9. The van der Waals surface area contributed by atoms with Gasteiger partial charge in [0.2, 0.25) is 0 Å². The van der Waals surface area contributed by atoms with Gasteiger partial charge >= 0.3 is 5.97 Å². The van der Waals surface area contributed by atoms with Gasteiger partial charge in [0.1, 0.15) is 0 Å². The molecule has 0 aromatic heterocycles. The van der Waals surface area contributed by atoms with Crippen LogP contribution in [-0.2, 0) is 19.7 Å². The first-order valence-electron chi connectivity index (χ1n) is 7.96. The Balaban J connectivity index is 2.08. The average molecular weight is 334 g/mol. The summed E-state index contributed by atoms with van der Waals surface area (Å²) in [6, 6.07) is -0.0514. The van der Waals surface area contributed by atoms with Crippen LogP contribution in [0, 0.1) is 0 Å². The van der Waals surface area contributed by atoms with E-state index in [9.17, 15) is 13.2 Å². The van der Waals surface area contributed by atoms with Gasteiger partial charge in [-0.05, 0) is 25.7 Å². The number of hydrogen-bond acceptors (Lipinski definition) is 4. The van der Waals surface area contributed by atoms with Crippen LogP contribution in [0.15, 0.2) is 0 Å². The van der Waals surface area contributed by atoms with E-state index in [4.69, 9.17) is 9.84 Å². The van der Waals surface area contributed by atoms with E-state index in [-0.39, 0.29) is 25.1 Å². The number of hydrogen-bond donors (Lipinski definition) is 1. The number of rotatable bonds is 7. The minimum absolute atomic E-state index is 0.0514. The highest BCUT2D eigenvalue weighted by molar-refractivity contribution is 7.86. The summed E-state index contributed by atoms with van der Waals surface area (Å²) >= 11 is 0. The van der Waals surface area contributed by atoms with Gasteiger partial charge in [-0.25, -0.2) is 0 Å². The first-order chi connectivity index (χ1) is 10.4. The number of nitrogens with zero attached hydrogens (tertiary/aromatic N) is 2. The first-order valence-corrected chi connectivity index (χ1v) is 9.36. The molecule has 1 saturated carbocycles. The number of carboxylic acids is 1. The minimum Gasteiger partial charge on any atom is -0.481 e. The molecule has 0 bridgehead atoms. The number of carbonyl (C=O) groups is 1. The summed E-state index contributed by atoms with van der Waals surface area (Å²) in [4.78, 5) is 10.9. The summed E-state index contributed by atoms with van der Waals surface area (Å²) in [6.07, 6.45) is 5.02. The topological polar surface area (TPSA) is 87.2 Å². The summed E-state index contributed by atoms with van der Waals surface area (Å²) in [5.41, 5.74) is 0. The molecule has 0 unspecified atom stereocenters. The molecule has 2 aliphatic rings. The van der Waals surface area contributed by atoms with E-state index >= 15 is 0 Å². The monoisotopic (exact) mass is 334 g/mol. The van der Waals surface area contributed by atoms with E-state index in [1.807, 2.05) is 0 Å². The summed E-state index contributed by atoms with van der Waals surface area (Å²) in [5, 5.41) is 8.90. The highest BCUT2D eigenvalue weighted by atomic mass is 32.2. The molecule has 7 nitrogen and oxygen atoms in total. The van der Waals surface area contributed by atoms with Gasteiger partial charge in [0.15, 0.2) is 0 Å². The lowest BCUT2D eigenvalue weighted by Gasteiger charge is -2.36. The van der Waals surface area contributed by atoms with E-state index in [0.29, 0.717) is 25.9 Å².